The van der Waals surface area contributed by atoms with Gasteiger partial charge < -0.3 is 0 Å². The lowest BCUT2D eigenvalue weighted by molar-refractivity contribution is 0.101. The lowest BCUT2D eigenvalue weighted by Gasteiger charge is -2.04. The zero-order chi connectivity index (χ0) is 10.0. The molecule has 1 aromatic carbocycles. The Hall–Kier alpha value is -0.180. The van der Waals surface area contributed by atoms with Gasteiger partial charge in [-0.3, -0.25) is 4.79 Å². The van der Waals surface area contributed by atoms with E-state index in [1.807, 2.05) is 6.26 Å². The van der Waals surface area contributed by atoms with Gasteiger partial charge in [0.25, 0.3) is 0 Å². The van der Waals surface area contributed by atoms with Gasteiger partial charge in [0.1, 0.15) is 0 Å². The smallest absolute Gasteiger partial charge is 0.161 e. The highest BCUT2D eigenvalue weighted by Crippen LogP contribution is 2.31. The lowest BCUT2D eigenvalue weighted by Crippen LogP contribution is -1.93. The molecule has 0 aliphatic heterocycles. The SMILES string of the molecule is CSc1cc(Cl)c(C(C)=O)cc1Cl. The van der Waals surface area contributed by atoms with Crippen molar-refractivity contribution in [2.24, 2.45) is 0 Å². The van der Waals surface area contributed by atoms with Gasteiger partial charge in [-0.2, -0.15) is 0 Å². The van der Waals surface area contributed by atoms with Gasteiger partial charge in [0.15, 0.2) is 5.78 Å². The van der Waals surface area contributed by atoms with Gasteiger partial charge >= 0.3 is 0 Å². The molecule has 1 aromatic rings. The van der Waals surface area contributed by atoms with Crippen LogP contribution in [0.1, 0.15) is 17.3 Å². The number of ketones is 1. The first-order chi connectivity index (χ1) is 6.06. The molecular weight excluding hydrogens is 227 g/mol. The summed E-state index contributed by atoms with van der Waals surface area (Å²) in [6.45, 7) is 1.47. The Balaban J connectivity index is 3.28. The fraction of sp³-hybridized carbons (Fsp3) is 0.222. The molecular formula is C9H8Cl2OS. The minimum atomic E-state index is -0.0699. The van der Waals surface area contributed by atoms with Crippen molar-refractivity contribution in [3.05, 3.63) is 27.7 Å². The quantitative estimate of drug-likeness (QED) is 0.570. The molecule has 0 saturated carbocycles. The molecule has 0 aliphatic carbocycles. The summed E-state index contributed by atoms with van der Waals surface area (Å²) < 4.78 is 0. The first-order valence-electron chi connectivity index (χ1n) is 3.60. The second-order valence-electron chi connectivity index (χ2n) is 2.52. The van der Waals surface area contributed by atoms with Crippen molar-refractivity contribution < 1.29 is 4.79 Å². The summed E-state index contributed by atoms with van der Waals surface area (Å²) in [5, 5.41) is 1.03. The first-order valence-corrected chi connectivity index (χ1v) is 5.58. The van der Waals surface area contributed by atoms with Gasteiger partial charge in [-0.05, 0) is 25.3 Å². The van der Waals surface area contributed by atoms with Crippen LogP contribution in [0.15, 0.2) is 17.0 Å². The minimum Gasteiger partial charge on any atom is -0.294 e. The number of hydrogen-bond acceptors (Lipinski definition) is 2. The summed E-state index contributed by atoms with van der Waals surface area (Å²) >= 11 is 13.3. The van der Waals surface area contributed by atoms with Crippen LogP contribution in [0.2, 0.25) is 10.0 Å². The number of rotatable bonds is 2. The number of carbonyl (C=O) groups excluding carboxylic acids is 1. The fourth-order valence-electron chi connectivity index (χ4n) is 0.955. The van der Waals surface area contributed by atoms with Crippen molar-refractivity contribution in [3.63, 3.8) is 0 Å². The number of halogens is 2. The summed E-state index contributed by atoms with van der Waals surface area (Å²) in [6, 6.07) is 3.32. The molecule has 4 heteroatoms. The van der Waals surface area contributed by atoms with Crippen LogP contribution in [0.3, 0.4) is 0 Å². The second-order valence-corrected chi connectivity index (χ2v) is 4.19. The molecule has 0 bridgehead atoms. The third kappa shape index (κ3) is 2.39. The van der Waals surface area contributed by atoms with E-state index in [0.717, 1.165) is 4.90 Å². The van der Waals surface area contributed by atoms with Crippen LogP contribution >= 0.6 is 35.0 Å². The minimum absolute atomic E-state index is 0.0699. The molecule has 0 spiro atoms. The molecule has 0 aromatic heterocycles. The van der Waals surface area contributed by atoms with Crippen LogP contribution in [-0.4, -0.2) is 12.0 Å². The van der Waals surface area contributed by atoms with Gasteiger partial charge in [0.2, 0.25) is 0 Å². The average Bonchev–Trinajstić information content (AvgIpc) is 2.07. The Kier molecular flexibility index (Phi) is 3.65. The maximum Gasteiger partial charge on any atom is 0.161 e. The Morgan fingerprint density at radius 3 is 2.38 bits per heavy atom. The molecule has 0 fully saturated rings. The number of Topliss-reactive ketones (excluding diaryl/α,β-unsaturated/α-hetero) is 1. The highest BCUT2D eigenvalue weighted by molar-refractivity contribution is 7.98. The van der Waals surface area contributed by atoms with E-state index in [4.69, 9.17) is 23.2 Å². The van der Waals surface area contributed by atoms with Crippen molar-refractivity contribution >= 4 is 40.7 Å². The van der Waals surface area contributed by atoms with Crippen LogP contribution < -0.4 is 0 Å². The third-order valence-corrected chi connectivity index (χ3v) is 3.14. The topological polar surface area (TPSA) is 17.1 Å². The predicted molar refractivity (Wildman–Crippen MR) is 58.2 cm³/mol. The van der Waals surface area contributed by atoms with Crippen molar-refractivity contribution in [1.82, 2.24) is 0 Å². The Bertz CT molecular complexity index is 350. The molecule has 0 saturated heterocycles. The van der Waals surface area contributed by atoms with E-state index in [0.29, 0.717) is 15.6 Å². The summed E-state index contributed by atoms with van der Waals surface area (Å²) in [7, 11) is 0. The van der Waals surface area contributed by atoms with Crippen LogP contribution in [0.4, 0.5) is 0 Å². The van der Waals surface area contributed by atoms with Gasteiger partial charge in [-0.15, -0.1) is 11.8 Å². The zero-order valence-corrected chi connectivity index (χ0v) is 9.56. The number of hydrogen-bond donors (Lipinski definition) is 0. The van der Waals surface area contributed by atoms with Crippen molar-refractivity contribution in [1.29, 1.82) is 0 Å². The molecule has 0 unspecified atom stereocenters. The van der Waals surface area contributed by atoms with Gasteiger partial charge in [0.05, 0.1) is 10.0 Å². The molecule has 0 amide bonds. The predicted octanol–water partition coefficient (Wildman–Crippen LogP) is 3.92. The van der Waals surface area contributed by atoms with Crippen LogP contribution in [0, 0.1) is 0 Å². The van der Waals surface area contributed by atoms with Crippen molar-refractivity contribution in [3.8, 4) is 0 Å². The molecule has 70 valence electrons. The maximum absolute atomic E-state index is 11.1. The third-order valence-electron chi connectivity index (χ3n) is 1.62. The monoisotopic (exact) mass is 234 g/mol. The van der Waals surface area contributed by atoms with Gasteiger partial charge in [-0.1, -0.05) is 23.2 Å². The van der Waals surface area contributed by atoms with E-state index in [9.17, 15) is 4.79 Å². The molecule has 13 heavy (non-hydrogen) atoms. The molecule has 1 nitrogen and oxygen atoms in total. The molecule has 0 aliphatic rings. The molecule has 0 radical (unpaired) electrons. The van der Waals surface area contributed by atoms with E-state index in [1.165, 1.54) is 18.7 Å². The average molecular weight is 235 g/mol. The van der Waals surface area contributed by atoms with E-state index in [1.54, 1.807) is 12.1 Å². The van der Waals surface area contributed by atoms with Crippen molar-refractivity contribution in [2.45, 2.75) is 11.8 Å². The van der Waals surface area contributed by atoms with E-state index in [2.05, 4.69) is 0 Å². The van der Waals surface area contributed by atoms with E-state index in [-0.39, 0.29) is 5.78 Å². The van der Waals surface area contributed by atoms with Gasteiger partial charge in [-0.25, -0.2) is 0 Å². The number of benzene rings is 1. The van der Waals surface area contributed by atoms with E-state index < -0.39 is 0 Å². The largest absolute Gasteiger partial charge is 0.294 e. The number of thioether (sulfide) groups is 1. The normalized spacial score (nSPS) is 10.2. The van der Waals surface area contributed by atoms with Crippen LogP contribution in [0.25, 0.3) is 0 Å². The van der Waals surface area contributed by atoms with Crippen LogP contribution in [0.5, 0.6) is 0 Å². The van der Waals surface area contributed by atoms with Gasteiger partial charge in [0, 0.05) is 10.5 Å². The highest BCUT2D eigenvalue weighted by Gasteiger charge is 2.09. The summed E-state index contributed by atoms with van der Waals surface area (Å²) in [5.41, 5.74) is 0.476. The van der Waals surface area contributed by atoms with Crippen LogP contribution in [-0.2, 0) is 0 Å². The van der Waals surface area contributed by atoms with Crippen molar-refractivity contribution in [2.75, 3.05) is 6.26 Å². The molecule has 0 heterocycles. The Morgan fingerprint density at radius 2 is 1.92 bits per heavy atom. The fourth-order valence-corrected chi connectivity index (χ4v) is 2.20. The summed E-state index contributed by atoms with van der Waals surface area (Å²) in [5.74, 6) is -0.0699. The standard InChI is InChI=1S/C9H8Cl2OS/c1-5(12)6-3-8(11)9(13-2)4-7(6)10/h3-4H,1-2H3. The highest BCUT2D eigenvalue weighted by atomic mass is 35.5. The second kappa shape index (κ2) is 4.36. The Labute approximate surface area is 91.4 Å². The first kappa shape index (κ1) is 10.9. The molecule has 1 rings (SSSR count). The zero-order valence-electron chi connectivity index (χ0n) is 7.23. The van der Waals surface area contributed by atoms with E-state index >= 15 is 0 Å². The summed E-state index contributed by atoms with van der Waals surface area (Å²) in [4.78, 5) is 12.0. The Morgan fingerprint density at radius 1 is 1.31 bits per heavy atom. The molecule has 0 atom stereocenters. The lowest BCUT2D eigenvalue weighted by atomic mass is 10.1. The number of carbonyl (C=O) groups is 1. The summed E-state index contributed by atoms with van der Waals surface area (Å²) in [6.07, 6.45) is 1.91. The maximum atomic E-state index is 11.1. The molecule has 0 N–H and O–H groups in total.